The van der Waals surface area contributed by atoms with Crippen LogP contribution in [0.1, 0.15) is 38.7 Å². The third-order valence-electron chi connectivity index (χ3n) is 3.01. The summed E-state index contributed by atoms with van der Waals surface area (Å²) in [6.45, 7) is 5.14. The Morgan fingerprint density at radius 2 is 1.81 bits per heavy atom. The van der Waals surface area contributed by atoms with E-state index in [2.05, 4.69) is 0 Å². The van der Waals surface area contributed by atoms with Crippen molar-refractivity contribution in [1.82, 2.24) is 0 Å². The summed E-state index contributed by atoms with van der Waals surface area (Å²) >= 11 is 0. The van der Waals surface area contributed by atoms with Crippen LogP contribution in [-0.2, 0) is 19.1 Å². The molecule has 116 valence electrons. The van der Waals surface area contributed by atoms with E-state index >= 15 is 0 Å². The van der Waals surface area contributed by atoms with Gasteiger partial charge in [0, 0.05) is 0 Å². The smallest absolute Gasteiger partial charge is 0.338 e. The van der Waals surface area contributed by atoms with Gasteiger partial charge in [-0.1, -0.05) is 31.0 Å². The molecule has 0 aromatic heterocycles. The number of carboxylic acids is 1. The average Bonchev–Trinajstić information content (AvgIpc) is 2.38. The summed E-state index contributed by atoms with van der Waals surface area (Å²) in [4.78, 5) is 11.2. The first-order chi connectivity index (χ1) is 9.77. The van der Waals surface area contributed by atoms with Gasteiger partial charge in [0.05, 0.1) is 5.57 Å². The summed E-state index contributed by atoms with van der Waals surface area (Å²) in [5, 5.41) is 9.14. The zero-order valence-corrected chi connectivity index (χ0v) is 13.2. The van der Waals surface area contributed by atoms with Crippen LogP contribution in [0.2, 0.25) is 0 Å². The predicted octanol–water partition coefficient (Wildman–Crippen LogP) is 3.25. The normalized spacial score (nSPS) is 12.7. The Hall–Kier alpha value is -1.82. The van der Waals surface area contributed by atoms with E-state index in [0.29, 0.717) is 6.42 Å². The van der Waals surface area contributed by atoms with Gasteiger partial charge in [0.25, 0.3) is 0 Å². The first-order valence-electron chi connectivity index (χ1n) is 6.72. The Kier molecular flexibility index (Phi) is 5.96. The molecule has 21 heavy (non-hydrogen) atoms. The van der Waals surface area contributed by atoms with Crippen molar-refractivity contribution < 1.29 is 22.5 Å². The highest BCUT2D eigenvalue weighted by atomic mass is 32.2. The number of carbonyl (C=O) groups is 1. The lowest BCUT2D eigenvalue weighted by Crippen LogP contribution is -2.10. The summed E-state index contributed by atoms with van der Waals surface area (Å²) in [5.74, 6) is -1.24. The van der Waals surface area contributed by atoms with E-state index in [9.17, 15) is 13.2 Å². The second-order valence-electron chi connectivity index (χ2n) is 4.79. The van der Waals surface area contributed by atoms with Crippen LogP contribution in [0.5, 0.6) is 0 Å². The molecule has 0 aliphatic rings. The number of rotatable bonds is 7. The van der Waals surface area contributed by atoms with Crippen LogP contribution in [0.25, 0.3) is 0 Å². The number of aliphatic carboxylic acids is 1. The van der Waals surface area contributed by atoms with Gasteiger partial charge in [-0.2, -0.15) is 8.42 Å². The lowest BCUT2D eigenvalue weighted by atomic mass is 10.1. The van der Waals surface area contributed by atoms with Crippen LogP contribution < -0.4 is 0 Å². The lowest BCUT2D eigenvalue weighted by molar-refractivity contribution is -0.133. The molecule has 0 unspecified atom stereocenters. The molecule has 0 atom stereocenters. The van der Waals surface area contributed by atoms with Crippen molar-refractivity contribution in [1.29, 1.82) is 0 Å². The van der Waals surface area contributed by atoms with Gasteiger partial charge in [0.2, 0.25) is 0 Å². The molecular weight excluding hydrogens is 292 g/mol. The molecule has 1 N–H and O–H groups in total. The summed E-state index contributed by atoms with van der Waals surface area (Å²) < 4.78 is 29.2. The van der Waals surface area contributed by atoms with Crippen LogP contribution in [0.15, 0.2) is 40.5 Å². The topological polar surface area (TPSA) is 80.7 Å². The van der Waals surface area contributed by atoms with Crippen LogP contribution in [-0.4, -0.2) is 19.5 Å². The summed E-state index contributed by atoms with van der Waals surface area (Å²) in [6.07, 6.45) is 1.75. The second-order valence-corrected chi connectivity index (χ2v) is 6.34. The van der Waals surface area contributed by atoms with Gasteiger partial charge in [0.15, 0.2) is 0 Å². The highest BCUT2D eigenvalue weighted by molar-refractivity contribution is 7.86. The van der Waals surface area contributed by atoms with Gasteiger partial charge in [-0.05, 0) is 38.8 Å². The number of unbranched alkanes of at least 4 members (excludes halogenated alkanes) is 1. The molecule has 0 saturated carbocycles. The first kappa shape index (κ1) is 17.2. The van der Waals surface area contributed by atoms with E-state index < -0.39 is 16.1 Å². The number of benzene rings is 1. The third-order valence-corrected chi connectivity index (χ3v) is 4.33. The molecule has 1 rings (SSSR count). The quantitative estimate of drug-likeness (QED) is 0.475. The molecule has 1 aromatic carbocycles. The van der Waals surface area contributed by atoms with Gasteiger partial charge in [-0.15, -0.1) is 0 Å². The Bertz CT molecular complexity index is 627. The Balaban J connectivity index is 3.05. The van der Waals surface area contributed by atoms with Gasteiger partial charge in [-0.3, -0.25) is 0 Å². The van der Waals surface area contributed by atoms with Crippen molar-refractivity contribution in [3.63, 3.8) is 0 Å². The fourth-order valence-electron chi connectivity index (χ4n) is 1.76. The minimum Gasteiger partial charge on any atom is -0.478 e. The van der Waals surface area contributed by atoms with E-state index in [-0.39, 0.29) is 22.6 Å². The standard InChI is InChI=1S/C15H20O5S/c1-4-5-6-14(15(16)17)12(3)20-21(18,19)13-9-7-11(2)8-10-13/h7-10H,4-6H2,1-3H3,(H,16,17). The molecule has 0 spiro atoms. The number of hydrogen-bond acceptors (Lipinski definition) is 4. The number of carboxylic acid groups (broad SMARTS) is 1. The van der Waals surface area contributed by atoms with Gasteiger partial charge in [0.1, 0.15) is 10.7 Å². The maximum Gasteiger partial charge on any atom is 0.338 e. The molecule has 0 aliphatic carbocycles. The molecule has 0 fully saturated rings. The molecular formula is C15H20O5S. The van der Waals surface area contributed by atoms with Crippen molar-refractivity contribution in [2.75, 3.05) is 0 Å². The maximum absolute atomic E-state index is 12.1. The minimum absolute atomic E-state index is 0.00691. The first-order valence-corrected chi connectivity index (χ1v) is 8.13. The van der Waals surface area contributed by atoms with E-state index in [0.717, 1.165) is 12.0 Å². The van der Waals surface area contributed by atoms with Gasteiger partial charge >= 0.3 is 16.1 Å². The fourth-order valence-corrected chi connectivity index (χ4v) is 2.75. The van der Waals surface area contributed by atoms with Crippen molar-refractivity contribution in [2.45, 2.75) is 44.9 Å². The Morgan fingerprint density at radius 3 is 2.29 bits per heavy atom. The highest BCUT2D eigenvalue weighted by Crippen LogP contribution is 2.20. The molecule has 0 radical (unpaired) electrons. The summed E-state index contributed by atoms with van der Waals surface area (Å²) in [7, 11) is -4.00. The monoisotopic (exact) mass is 312 g/mol. The van der Waals surface area contributed by atoms with Crippen molar-refractivity contribution in [3.05, 3.63) is 41.2 Å². The molecule has 1 aromatic rings. The Morgan fingerprint density at radius 1 is 1.24 bits per heavy atom. The molecule has 0 saturated heterocycles. The minimum atomic E-state index is -4.00. The molecule has 5 nitrogen and oxygen atoms in total. The van der Waals surface area contributed by atoms with E-state index in [1.807, 2.05) is 13.8 Å². The number of hydrogen-bond donors (Lipinski definition) is 1. The van der Waals surface area contributed by atoms with E-state index in [1.54, 1.807) is 12.1 Å². The molecule has 0 bridgehead atoms. The van der Waals surface area contributed by atoms with Crippen molar-refractivity contribution in [3.8, 4) is 0 Å². The molecule has 0 aliphatic heterocycles. The van der Waals surface area contributed by atoms with Crippen LogP contribution in [0.3, 0.4) is 0 Å². The largest absolute Gasteiger partial charge is 0.478 e. The van der Waals surface area contributed by atoms with Crippen LogP contribution in [0, 0.1) is 6.92 Å². The molecule has 6 heteroatoms. The Labute approximate surface area is 125 Å². The maximum atomic E-state index is 12.1. The van der Waals surface area contributed by atoms with Crippen LogP contribution >= 0.6 is 0 Å². The second kappa shape index (κ2) is 7.26. The zero-order valence-electron chi connectivity index (χ0n) is 12.4. The average molecular weight is 312 g/mol. The summed E-state index contributed by atoms with van der Waals surface area (Å²) in [6, 6.07) is 6.18. The number of allylic oxidation sites excluding steroid dienone is 1. The predicted molar refractivity (Wildman–Crippen MR) is 79.3 cm³/mol. The number of aryl methyl sites for hydroxylation is 1. The van der Waals surface area contributed by atoms with Crippen molar-refractivity contribution in [2.24, 2.45) is 0 Å². The third kappa shape index (κ3) is 4.90. The van der Waals surface area contributed by atoms with E-state index in [1.165, 1.54) is 19.1 Å². The van der Waals surface area contributed by atoms with Crippen molar-refractivity contribution >= 4 is 16.1 Å². The van der Waals surface area contributed by atoms with E-state index in [4.69, 9.17) is 9.29 Å². The van der Waals surface area contributed by atoms with Gasteiger partial charge in [-0.25, -0.2) is 4.79 Å². The SMILES string of the molecule is CCCCC(C(=O)O)=C(C)OS(=O)(=O)c1ccc(C)cc1. The molecule has 0 heterocycles. The van der Waals surface area contributed by atoms with Gasteiger partial charge < -0.3 is 9.29 Å². The fraction of sp³-hybridized carbons (Fsp3) is 0.400. The highest BCUT2D eigenvalue weighted by Gasteiger charge is 2.20. The molecule has 0 amide bonds. The summed E-state index contributed by atoms with van der Waals surface area (Å²) in [5.41, 5.74) is 0.919. The lowest BCUT2D eigenvalue weighted by Gasteiger charge is -2.11. The zero-order chi connectivity index (χ0) is 16.0. The van der Waals surface area contributed by atoms with Crippen LogP contribution in [0.4, 0.5) is 0 Å².